The van der Waals surface area contributed by atoms with Gasteiger partial charge in [0.05, 0.1) is 6.04 Å². The molecule has 1 aliphatic heterocycles. The van der Waals surface area contributed by atoms with Crippen LogP contribution in [-0.2, 0) is 0 Å². The van der Waals surface area contributed by atoms with Crippen molar-refractivity contribution >= 4 is 6.03 Å². The molecule has 3 nitrogen and oxygen atoms in total. The van der Waals surface area contributed by atoms with E-state index in [-0.39, 0.29) is 6.03 Å². The van der Waals surface area contributed by atoms with Crippen LogP contribution in [0.4, 0.5) is 4.79 Å². The summed E-state index contributed by atoms with van der Waals surface area (Å²) in [6.07, 6.45) is 3.98. The number of urea groups is 1. The van der Waals surface area contributed by atoms with Gasteiger partial charge in [-0.15, -0.1) is 0 Å². The second kappa shape index (κ2) is 3.44. The lowest BCUT2D eigenvalue weighted by Crippen LogP contribution is -2.39. The third kappa shape index (κ3) is 1.39. The van der Waals surface area contributed by atoms with Crippen LogP contribution in [0.3, 0.4) is 0 Å². The Hall–Kier alpha value is -0.730. The van der Waals surface area contributed by atoms with E-state index in [0.717, 1.165) is 12.5 Å². The molecule has 14 heavy (non-hydrogen) atoms. The van der Waals surface area contributed by atoms with Crippen molar-refractivity contribution in [2.24, 2.45) is 5.92 Å². The van der Waals surface area contributed by atoms with Crippen LogP contribution in [0.15, 0.2) is 0 Å². The van der Waals surface area contributed by atoms with Gasteiger partial charge >= 0.3 is 6.03 Å². The third-order valence-corrected chi connectivity index (χ3v) is 3.75. The molecule has 80 valence electrons. The highest BCUT2D eigenvalue weighted by Gasteiger charge is 2.41. The van der Waals surface area contributed by atoms with Crippen molar-refractivity contribution < 1.29 is 4.79 Å². The zero-order valence-corrected chi connectivity index (χ0v) is 9.36. The Balaban J connectivity index is 2.04. The van der Waals surface area contributed by atoms with Gasteiger partial charge in [0.1, 0.15) is 0 Å². The van der Waals surface area contributed by atoms with Crippen LogP contribution in [0.2, 0.25) is 0 Å². The molecule has 0 N–H and O–H groups in total. The SMILES string of the molecule is CC(C)N1CC(C2CCC2)N(C)C1=O. The molecule has 2 rings (SSSR count). The minimum atomic E-state index is 0.219. The minimum absolute atomic E-state index is 0.219. The van der Waals surface area contributed by atoms with E-state index in [0.29, 0.717) is 12.1 Å². The van der Waals surface area contributed by atoms with Crippen LogP contribution in [0.5, 0.6) is 0 Å². The first-order chi connectivity index (χ1) is 6.61. The second-order valence-electron chi connectivity index (χ2n) is 4.90. The molecule has 2 fully saturated rings. The number of likely N-dealkylation sites (N-methyl/N-ethyl adjacent to an activating group) is 1. The Morgan fingerprint density at radius 3 is 2.36 bits per heavy atom. The number of hydrogen-bond donors (Lipinski definition) is 0. The van der Waals surface area contributed by atoms with Crippen molar-refractivity contribution in [2.75, 3.05) is 13.6 Å². The van der Waals surface area contributed by atoms with E-state index in [1.807, 2.05) is 16.8 Å². The average molecular weight is 196 g/mol. The molecule has 0 spiro atoms. The molecule has 0 aromatic carbocycles. The largest absolute Gasteiger partial charge is 0.323 e. The zero-order valence-electron chi connectivity index (χ0n) is 9.36. The van der Waals surface area contributed by atoms with Gasteiger partial charge in [0.15, 0.2) is 0 Å². The highest BCUT2D eigenvalue weighted by Crippen LogP contribution is 2.35. The van der Waals surface area contributed by atoms with Crippen LogP contribution in [0, 0.1) is 5.92 Å². The lowest BCUT2D eigenvalue weighted by atomic mass is 9.79. The van der Waals surface area contributed by atoms with Crippen molar-refractivity contribution in [2.45, 2.75) is 45.2 Å². The molecule has 0 aromatic heterocycles. The van der Waals surface area contributed by atoms with Crippen molar-refractivity contribution in [1.29, 1.82) is 0 Å². The summed E-state index contributed by atoms with van der Waals surface area (Å²) in [6.45, 7) is 5.13. The average Bonchev–Trinajstić information content (AvgIpc) is 2.30. The van der Waals surface area contributed by atoms with E-state index < -0.39 is 0 Å². The van der Waals surface area contributed by atoms with Gasteiger partial charge in [-0.1, -0.05) is 6.42 Å². The fourth-order valence-corrected chi connectivity index (χ4v) is 2.47. The molecule has 0 radical (unpaired) electrons. The van der Waals surface area contributed by atoms with Crippen LogP contribution in [0.1, 0.15) is 33.1 Å². The summed E-state index contributed by atoms with van der Waals surface area (Å²) in [5.74, 6) is 0.771. The first kappa shape index (κ1) is 9.81. The molecule has 0 aromatic rings. The van der Waals surface area contributed by atoms with Crippen LogP contribution >= 0.6 is 0 Å². The first-order valence-electron chi connectivity index (χ1n) is 5.64. The van der Waals surface area contributed by atoms with Gasteiger partial charge in [0, 0.05) is 19.6 Å². The maximum atomic E-state index is 11.9. The first-order valence-corrected chi connectivity index (χ1v) is 5.64. The summed E-state index contributed by atoms with van der Waals surface area (Å²) < 4.78 is 0. The Kier molecular flexibility index (Phi) is 2.41. The van der Waals surface area contributed by atoms with E-state index in [4.69, 9.17) is 0 Å². The Bertz CT molecular complexity index is 235. The van der Waals surface area contributed by atoms with E-state index in [2.05, 4.69) is 13.8 Å². The topological polar surface area (TPSA) is 23.6 Å². The van der Waals surface area contributed by atoms with Gasteiger partial charge in [0.2, 0.25) is 0 Å². The number of rotatable bonds is 2. The molecule has 1 saturated carbocycles. The summed E-state index contributed by atoms with van der Waals surface area (Å²) in [6, 6.07) is 1.05. The van der Waals surface area contributed by atoms with Crippen molar-refractivity contribution in [3.63, 3.8) is 0 Å². The smallest absolute Gasteiger partial charge is 0.320 e. The molecule has 0 bridgehead atoms. The van der Waals surface area contributed by atoms with E-state index in [1.165, 1.54) is 19.3 Å². The summed E-state index contributed by atoms with van der Waals surface area (Å²) in [7, 11) is 1.95. The predicted molar refractivity (Wildman–Crippen MR) is 56.1 cm³/mol. The standard InChI is InChI=1S/C11H20N2O/c1-8(2)13-7-10(9-5-4-6-9)12(3)11(13)14/h8-10H,4-7H2,1-3H3. The summed E-state index contributed by atoms with van der Waals surface area (Å²) >= 11 is 0. The molecular formula is C11H20N2O. The lowest BCUT2D eigenvalue weighted by Gasteiger charge is -2.34. The Morgan fingerprint density at radius 1 is 1.36 bits per heavy atom. The molecule has 1 atom stereocenters. The number of amides is 2. The van der Waals surface area contributed by atoms with Crippen molar-refractivity contribution in [3.8, 4) is 0 Å². The maximum absolute atomic E-state index is 11.9. The minimum Gasteiger partial charge on any atom is -0.323 e. The normalized spacial score (nSPS) is 28.9. The number of carbonyl (C=O) groups is 1. The van der Waals surface area contributed by atoms with Crippen LogP contribution < -0.4 is 0 Å². The van der Waals surface area contributed by atoms with Gasteiger partial charge in [0.25, 0.3) is 0 Å². The number of hydrogen-bond acceptors (Lipinski definition) is 1. The molecule has 2 aliphatic rings. The third-order valence-electron chi connectivity index (χ3n) is 3.75. The van der Waals surface area contributed by atoms with Gasteiger partial charge in [-0.05, 0) is 32.6 Å². The quantitative estimate of drug-likeness (QED) is 0.662. The second-order valence-corrected chi connectivity index (χ2v) is 4.90. The maximum Gasteiger partial charge on any atom is 0.320 e. The predicted octanol–water partition coefficient (Wildman–Crippen LogP) is 1.93. The molecule has 3 heteroatoms. The molecular weight excluding hydrogens is 176 g/mol. The Labute approximate surface area is 86.1 Å². The molecule has 1 saturated heterocycles. The van der Waals surface area contributed by atoms with E-state index >= 15 is 0 Å². The fraction of sp³-hybridized carbons (Fsp3) is 0.909. The van der Waals surface area contributed by atoms with Gasteiger partial charge in [-0.3, -0.25) is 0 Å². The highest BCUT2D eigenvalue weighted by molar-refractivity contribution is 5.77. The van der Waals surface area contributed by atoms with Gasteiger partial charge < -0.3 is 9.80 Å². The van der Waals surface area contributed by atoms with E-state index in [9.17, 15) is 4.79 Å². The van der Waals surface area contributed by atoms with Crippen LogP contribution in [0.25, 0.3) is 0 Å². The van der Waals surface area contributed by atoms with E-state index in [1.54, 1.807) is 0 Å². The highest BCUT2D eigenvalue weighted by atomic mass is 16.2. The van der Waals surface area contributed by atoms with Gasteiger partial charge in [-0.25, -0.2) is 4.79 Å². The van der Waals surface area contributed by atoms with Crippen LogP contribution in [-0.4, -0.2) is 41.5 Å². The van der Waals surface area contributed by atoms with Gasteiger partial charge in [-0.2, -0.15) is 0 Å². The monoisotopic (exact) mass is 196 g/mol. The number of carbonyl (C=O) groups excluding carboxylic acids is 1. The molecule has 1 heterocycles. The summed E-state index contributed by atoms with van der Waals surface area (Å²) in [5.41, 5.74) is 0. The summed E-state index contributed by atoms with van der Waals surface area (Å²) in [4.78, 5) is 15.8. The Morgan fingerprint density at radius 2 is 2.00 bits per heavy atom. The lowest BCUT2D eigenvalue weighted by molar-refractivity contribution is 0.163. The fourth-order valence-electron chi connectivity index (χ4n) is 2.47. The zero-order chi connectivity index (χ0) is 10.3. The molecule has 1 aliphatic carbocycles. The number of nitrogens with zero attached hydrogens (tertiary/aromatic N) is 2. The van der Waals surface area contributed by atoms with Crippen molar-refractivity contribution in [1.82, 2.24) is 9.80 Å². The van der Waals surface area contributed by atoms with Crippen molar-refractivity contribution in [3.05, 3.63) is 0 Å². The molecule has 1 unspecified atom stereocenters. The summed E-state index contributed by atoms with van der Waals surface area (Å²) in [5, 5.41) is 0. The molecule has 2 amide bonds.